The fraction of sp³-hybridized carbons (Fsp3) is 0.625. The Kier molecular flexibility index (Phi) is 5.21. The van der Waals surface area contributed by atoms with Gasteiger partial charge >= 0.3 is 0 Å². The zero-order valence-corrected chi connectivity index (χ0v) is 13.8. The van der Waals surface area contributed by atoms with Gasteiger partial charge in [0.15, 0.2) is 0 Å². The maximum absolute atomic E-state index is 13.4. The first-order valence-corrected chi connectivity index (χ1v) is 8.04. The number of hydrogen-bond acceptors (Lipinski definition) is 2. The highest BCUT2D eigenvalue weighted by Crippen LogP contribution is 2.37. The van der Waals surface area contributed by atoms with Crippen molar-refractivity contribution in [2.75, 3.05) is 14.1 Å². The normalized spacial score (nSPS) is 20.1. The molecule has 0 saturated heterocycles. The Balaban J connectivity index is 2.20. The molecule has 1 unspecified atom stereocenters. The third kappa shape index (κ3) is 3.23. The van der Waals surface area contributed by atoms with E-state index < -0.39 is 6.10 Å². The van der Waals surface area contributed by atoms with E-state index in [2.05, 4.69) is 20.8 Å². The summed E-state index contributed by atoms with van der Waals surface area (Å²) in [7, 11) is 4.07. The number of hydrogen-bond donors (Lipinski definition) is 1. The van der Waals surface area contributed by atoms with Gasteiger partial charge in [-0.1, -0.05) is 35.2 Å². The van der Waals surface area contributed by atoms with E-state index in [-0.39, 0.29) is 11.4 Å². The van der Waals surface area contributed by atoms with E-state index in [1.807, 2.05) is 14.1 Å². The third-order valence-electron chi connectivity index (χ3n) is 4.65. The molecule has 1 aromatic rings. The molecule has 1 atom stereocenters. The van der Waals surface area contributed by atoms with Crippen LogP contribution in [0.5, 0.6) is 0 Å². The lowest BCUT2D eigenvalue weighted by Crippen LogP contribution is -2.55. The molecule has 1 aliphatic rings. The molecular weight excluding hydrogens is 321 g/mol. The van der Waals surface area contributed by atoms with Crippen molar-refractivity contribution in [2.45, 2.75) is 50.2 Å². The molecule has 20 heavy (non-hydrogen) atoms. The van der Waals surface area contributed by atoms with E-state index in [0.717, 1.165) is 35.7 Å². The van der Waals surface area contributed by atoms with Crippen LogP contribution in [0.3, 0.4) is 0 Å². The van der Waals surface area contributed by atoms with Crippen LogP contribution in [-0.2, 0) is 6.42 Å². The molecule has 2 nitrogen and oxygen atoms in total. The Morgan fingerprint density at radius 2 is 1.95 bits per heavy atom. The van der Waals surface area contributed by atoms with E-state index in [1.165, 1.54) is 18.6 Å². The second kappa shape index (κ2) is 6.54. The fourth-order valence-electron chi connectivity index (χ4n) is 3.34. The van der Waals surface area contributed by atoms with Gasteiger partial charge < -0.3 is 10.0 Å². The molecule has 0 spiro atoms. The largest absolute Gasteiger partial charge is 0.391 e. The fourth-order valence-corrected chi connectivity index (χ4v) is 3.75. The first-order valence-electron chi connectivity index (χ1n) is 7.25. The minimum absolute atomic E-state index is 0.177. The van der Waals surface area contributed by atoms with Gasteiger partial charge in [-0.25, -0.2) is 4.39 Å². The van der Waals surface area contributed by atoms with Crippen LogP contribution < -0.4 is 0 Å². The highest BCUT2D eigenvalue weighted by Gasteiger charge is 2.40. The molecule has 2 rings (SSSR count). The van der Waals surface area contributed by atoms with Crippen molar-refractivity contribution in [3.63, 3.8) is 0 Å². The molecular formula is C16H23BrFNO. The quantitative estimate of drug-likeness (QED) is 0.899. The number of nitrogens with zero attached hydrogens (tertiary/aromatic N) is 1. The highest BCUT2D eigenvalue weighted by atomic mass is 79.9. The maximum atomic E-state index is 13.4. The molecule has 0 amide bonds. The molecule has 112 valence electrons. The summed E-state index contributed by atoms with van der Waals surface area (Å²) in [4.78, 5) is 2.16. The van der Waals surface area contributed by atoms with Gasteiger partial charge in [0.1, 0.15) is 5.82 Å². The third-order valence-corrected chi connectivity index (χ3v) is 5.42. The van der Waals surface area contributed by atoms with Gasteiger partial charge in [0, 0.05) is 16.4 Å². The van der Waals surface area contributed by atoms with Crippen molar-refractivity contribution in [1.29, 1.82) is 0 Å². The van der Waals surface area contributed by atoms with Gasteiger partial charge in [0.05, 0.1) is 6.10 Å². The summed E-state index contributed by atoms with van der Waals surface area (Å²) < 4.78 is 14.2. The Morgan fingerprint density at radius 1 is 1.30 bits per heavy atom. The minimum Gasteiger partial charge on any atom is -0.391 e. The molecule has 1 fully saturated rings. The summed E-state index contributed by atoms with van der Waals surface area (Å²) in [6, 6.07) is 4.66. The second-order valence-corrected chi connectivity index (χ2v) is 6.87. The van der Waals surface area contributed by atoms with Gasteiger partial charge in [-0.3, -0.25) is 0 Å². The topological polar surface area (TPSA) is 23.5 Å². The van der Waals surface area contributed by atoms with Crippen molar-refractivity contribution >= 4 is 15.9 Å². The average Bonchev–Trinajstić information content (AvgIpc) is 2.43. The van der Waals surface area contributed by atoms with E-state index in [0.29, 0.717) is 6.42 Å². The summed E-state index contributed by atoms with van der Waals surface area (Å²) >= 11 is 3.45. The van der Waals surface area contributed by atoms with Crippen molar-refractivity contribution < 1.29 is 9.50 Å². The smallest absolute Gasteiger partial charge is 0.123 e. The summed E-state index contributed by atoms with van der Waals surface area (Å²) in [5.74, 6) is -0.252. The SMILES string of the molecule is CN(C)C1(C(O)Cc2cc(F)ccc2Br)CCCCC1. The van der Waals surface area contributed by atoms with Gasteiger partial charge in [-0.2, -0.15) is 0 Å². The number of rotatable bonds is 4. The summed E-state index contributed by atoms with van der Waals surface area (Å²) in [6.45, 7) is 0. The Morgan fingerprint density at radius 3 is 2.55 bits per heavy atom. The van der Waals surface area contributed by atoms with Crippen LogP contribution in [0.15, 0.2) is 22.7 Å². The molecule has 1 saturated carbocycles. The number of aliphatic hydroxyl groups excluding tert-OH is 1. The van der Waals surface area contributed by atoms with Gasteiger partial charge in [0.25, 0.3) is 0 Å². The van der Waals surface area contributed by atoms with Gasteiger partial charge in [0.2, 0.25) is 0 Å². The number of aliphatic hydroxyl groups is 1. The van der Waals surface area contributed by atoms with Gasteiger partial charge in [-0.05, 0) is 50.7 Å². The van der Waals surface area contributed by atoms with Crippen LogP contribution in [0.2, 0.25) is 0 Å². The molecule has 4 heteroatoms. The molecule has 1 aromatic carbocycles. The lowest BCUT2D eigenvalue weighted by molar-refractivity contribution is -0.0311. The molecule has 0 bridgehead atoms. The van der Waals surface area contributed by atoms with Crippen LogP contribution >= 0.6 is 15.9 Å². The Hall–Kier alpha value is -0.450. The van der Waals surface area contributed by atoms with E-state index in [4.69, 9.17) is 0 Å². The number of halogens is 2. The summed E-state index contributed by atoms with van der Waals surface area (Å²) in [6.07, 6.45) is 5.57. The number of likely N-dealkylation sites (N-methyl/N-ethyl adjacent to an activating group) is 1. The second-order valence-electron chi connectivity index (χ2n) is 6.01. The minimum atomic E-state index is -0.476. The molecule has 0 aliphatic heterocycles. The van der Waals surface area contributed by atoms with Crippen LogP contribution in [0.4, 0.5) is 4.39 Å². The monoisotopic (exact) mass is 343 g/mol. The van der Waals surface area contributed by atoms with Crippen LogP contribution in [-0.4, -0.2) is 35.7 Å². The highest BCUT2D eigenvalue weighted by molar-refractivity contribution is 9.10. The van der Waals surface area contributed by atoms with Crippen molar-refractivity contribution in [2.24, 2.45) is 0 Å². The standard InChI is InChI=1S/C16H23BrFNO/c1-19(2)16(8-4-3-5-9-16)15(20)11-12-10-13(18)6-7-14(12)17/h6-7,10,15,20H,3-5,8-9,11H2,1-2H3. The van der Waals surface area contributed by atoms with E-state index in [9.17, 15) is 9.50 Å². The first-order chi connectivity index (χ1) is 9.45. The summed E-state index contributed by atoms with van der Waals surface area (Å²) in [5.41, 5.74) is 0.661. The first kappa shape index (κ1) is 15.9. The average molecular weight is 344 g/mol. The van der Waals surface area contributed by atoms with Crippen molar-refractivity contribution in [3.8, 4) is 0 Å². The van der Waals surface area contributed by atoms with Crippen LogP contribution in [0.1, 0.15) is 37.7 Å². The maximum Gasteiger partial charge on any atom is 0.123 e. The zero-order valence-electron chi connectivity index (χ0n) is 12.2. The Labute approximate surface area is 129 Å². The molecule has 1 N–H and O–H groups in total. The molecule has 0 aromatic heterocycles. The van der Waals surface area contributed by atoms with E-state index in [1.54, 1.807) is 6.07 Å². The zero-order chi connectivity index (χ0) is 14.8. The van der Waals surface area contributed by atoms with Gasteiger partial charge in [-0.15, -0.1) is 0 Å². The van der Waals surface area contributed by atoms with E-state index >= 15 is 0 Å². The lowest BCUT2D eigenvalue weighted by Gasteiger charge is -2.46. The lowest BCUT2D eigenvalue weighted by atomic mass is 9.75. The predicted octanol–water partition coefficient (Wildman–Crippen LogP) is 3.76. The molecule has 0 radical (unpaired) electrons. The predicted molar refractivity (Wildman–Crippen MR) is 83.3 cm³/mol. The Bertz CT molecular complexity index is 458. The van der Waals surface area contributed by atoms with Crippen molar-refractivity contribution in [3.05, 3.63) is 34.1 Å². The molecule has 0 heterocycles. The number of benzene rings is 1. The van der Waals surface area contributed by atoms with Crippen LogP contribution in [0.25, 0.3) is 0 Å². The van der Waals surface area contributed by atoms with Crippen molar-refractivity contribution in [1.82, 2.24) is 4.90 Å². The summed E-state index contributed by atoms with van der Waals surface area (Å²) in [5, 5.41) is 10.8. The molecule has 1 aliphatic carbocycles. The van der Waals surface area contributed by atoms with Crippen LogP contribution in [0, 0.1) is 5.82 Å².